The molecule has 2 aliphatic carbocycles. The Morgan fingerprint density at radius 2 is 1.86 bits per heavy atom. The van der Waals surface area contributed by atoms with Crippen LogP contribution in [0, 0.1) is 11.8 Å². The number of aromatic nitrogens is 2. The molecule has 1 aromatic heterocycles. The molecule has 148 valence electrons. The molecular formula is C22H27ClN4O. The third-order valence-corrected chi connectivity index (χ3v) is 7.16. The van der Waals surface area contributed by atoms with Crippen molar-refractivity contribution in [3.05, 3.63) is 46.2 Å². The van der Waals surface area contributed by atoms with Crippen molar-refractivity contribution in [2.24, 2.45) is 17.6 Å². The van der Waals surface area contributed by atoms with Crippen LogP contribution in [0.2, 0.25) is 5.02 Å². The first kappa shape index (κ1) is 18.2. The molecule has 2 fully saturated rings. The van der Waals surface area contributed by atoms with Crippen LogP contribution >= 0.6 is 11.6 Å². The lowest BCUT2D eigenvalue weighted by Crippen LogP contribution is -2.34. The minimum absolute atomic E-state index is 0.0902. The molecule has 5 rings (SSSR count). The minimum Gasteiger partial charge on any atom is -0.337 e. The second kappa shape index (κ2) is 7.20. The normalized spacial score (nSPS) is 26.8. The summed E-state index contributed by atoms with van der Waals surface area (Å²) in [6.45, 7) is 1.62. The van der Waals surface area contributed by atoms with E-state index in [9.17, 15) is 4.79 Å². The van der Waals surface area contributed by atoms with Crippen molar-refractivity contribution in [1.29, 1.82) is 0 Å². The predicted octanol–water partition coefficient (Wildman–Crippen LogP) is 3.60. The summed E-state index contributed by atoms with van der Waals surface area (Å²) < 4.78 is 1.98. The Morgan fingerprint density at radius 1 is 1.07 bits per heavy atom. The molecule has 1 amide bonds. The van der Waals surface area contributed by atoms with E-state index in [-0.39, 0.29) is 11.9 Å². The number of nitrogens with two attached hydrogens (primary N) is 1. The molecule has 3 unspecified atom stereocenters. The topological polar surface area (TPSA) is 64.2 Å². The molecule has 2 N–H and O–H groups in total. The molecule has 1 saturated heterocycles. The Labute approximate surface area is 170 Å². The molecule has 3 atom stereocenters. The number of likely N-dealkylation sites (tertiary alicyclic amines) is 1. The summed E-state index contributed by atoms with van der Waals surface area (Å²) in [5.74, 6) is 1.12. The summed E-state index contributed by atoms with van der Waals surface area (Å²) in [6.07, 6.45) is 7.60. The van der Waals surface area contributed by atoms with Gasteiger partial charge in [-0.3, -0.25) is 4.79 Å². The standard InChI is InChI=1S/C22H27ClN4O/c23-15-7-9-16(10-8-15)27-20-5-3-1-2-4-17(20)21(25-27)22(28)26-12-14-6-11-19(24)18(14)13-26/h7-10,14,18-19H,1-6,11-13,24H2. The molecule has 5 nitrogen and oxygen atoms in total. The zero-order valence-corrected chi connectivity index (χ0v) is 16.9. The van der Waals surface area contributed by atoms with Crippen LogP contribution in [0.1, 0.15) is 53.8 Å². The number of halogens is 1. The van der Waals surface area contributed by atoms with Crippen LogP contribution in [0.5, 0.6) is 0 Å². The fraction of sp³-hybridized carbons (Fsp3) is 0.545. The van der Waals surface area contributed by atoms with E-state index in [1.807, 2.05) is 33.8 Å². The lowest BCUT2D eigenvalue weighted by molar-refractivity contribution is 0.0772. The highest BCUT2D eigenvalue weighted by Crippen LogP contribution is 2.38. The van der Waals surface area contributed by atoms with Gasteiger partial charge in [0.2, 0.25) is 0 Å². The van der Waals surface area contributed by atoms with Gasteiger partial charge in [-0.05, 0) is 74.6 Å². The molecule has 0 bridgehead atoms. The number of fused-ring (bicyclic) bond motifs is 2. The third kappa shape index (κ3) is 3.05. The van der Waals surface area contributed by atoms with Crippen LogP contribution in [0.15, 0.2) is 24.3 Å². The number of carbonyl (C=O) groups excluding carboxylic acids is 1. The Kier molecular flexibility index (Phi) is 4.68. The lowest BCUT2D eigenvalue weighted by atomic mass is 9.98. The van der Waals surface area contributed by atoms with Crippen LogP contribution < -0.4 is 5.73 Å². The Bertz CT molecular complexity index is 891. The molecule has 1 aliphatic heterocycles. The van der Waals surface area contributed by atoms with E-state index in [0.717, 1.165) is 62.9 Å². The highest BCUT2D eigenvalue weighted by molar-refractivity contribution is 6.30. The molecule has 2 aromatic rings. The van der Waals surface area contributed by atoms with Crippen molar-refractivity contribution in [3.8, 4) is 5.69 Å². The highest BCUT2D eigenvalue weighted by Gasteiger charge is 2.43. The first-order valence-electron chi connectivity index (χ1n) is 10.5. The van der Waals surface area contributed by atoms with Crippen molar-refractivity contribution in [3.63, 3.8) is 0 Å². The summed E-state index contributed by atoms with van der Waals surface area (Å²) in [5, 5.41) is 5.55. The average Bonchev–Trinajstić information content (AvgIpc) is 3.32. The number of carbonyl (C=O) groups is 1. The number of amides is 1. The number of nitrogens with zero attached hydrogens (tertiary/aromatic N) is 3. The summed E-state index contributed by atoms with van der Waals surface area (Å²) in [7, 11) is 0. The Balaban J connectivity index is 1.51. The van der Waals surface area contributed by atoms with Gasteiger partial charge in [0.1, 0.15) is 0 Å². The van der Waals surface area contributed by atoms with E-state index in [0.29, 0.717) is 22.6 Å². The number of benzene rings is 1. The van der Waals surface area contributed by atoms with Gasteiger partial charge in [-0.1, -0.05) is 18.0 Å². The van der Waals surface area contributed by atoms with Crippen molar-refractivity contribution in [2.75, 3.05) is 13.1 Å². The first-order valence-corrected chi connectivity index (χ1v) is 10.9. The zero-order valence-electron chi connectivity index (χ0n) is 16.1. The van der Waals surface area contributed by atoms with Crippen LogP contribution in [-0.4, -0.2) is 39.7 Å². The molecule has 3 aliphatic rings. The van der Waals surface area contributed by atoms with E-state index in [4.69, 9.17) is 22.4 Å². The van der Waals surface area contributed by atoms with E-state index in [1.165, 1.54) is 12.1 Å². The first-order chi connectivity index (χ1) is 13.6. The van der Waals surface area contributed by atoms with Crippen LogP contribution in [0.3, 0.4) is 0 Å². The highest BCUT2D eigenvalue weighted by atomic mass is 35.5. The summed E-state index contributed by atoms with van der Waals surface area (Å²) in [5.41, 5.74) is 10.2. The van der Waals surface area contributed by atoms with E-state index < -0.39 is 0 Å². The fourth-order valence-corrected chi connectivity index (χ4v) is 5.49. The van der Waals surface area contributed by atoms with Gasteiger partial charge in [0, 0.05) is 35.4 Å². The monoisotopic (exact) mass is 398 g/mol. The quantitative estimate of drug-likeness (QED) is 0.786. The van der Waals surface area contributed by atoms with E-state index in [1.54, 1.807) is 0 Å². The van der Waals surface area contributed by atoms with Crippen LogP contribution in [0.25, 0.3) is 5.69 Å². The lowest BCUT2D eigenvalue weighted by Gasteiger charge is -2.18. The van der Waals surface area contributed by atoms with Gasteiger partial charge >= 0.3 is 0 Å². The summed E-state index contributed by atoms with van der Waals surface area (Å²) in [6, 6.07) is 7.96. The molecule has 2 heterocycles. The van der Waals surface area contributed by atoms with Crippen molar-refractivity contribution < 1.29 is 4.79 Å². The molecular weight excluding hydrogens is 372 g/mol. The largest absolute Gasteiger partial charge is 0.337 e. The van der Waals surface area contributed by atoms with Crippen molar-refractivity contribution >= 4 is 17.5 Å². The summed E-state index contributed by atoms with van der Waals surface area (Å²) in [4.78, 5) is 15.5. The molecule has 28 heavy (non-hydrogen) atoms. The fourth-order valence-electron chi connectivity index (χ4n) is 5.37. The maximum atomic E-state index is 13.5. The Hall–Kier alpha value is -1.85. The van der Waals surface area contributed by atoms with Crippen molar-refractivity contribution in [1.82, 2.24) is 14.7 Å². The maximum absolute atomic E-state index is 13.5. The van der Waals surface area contributed by atoms with Crippen LogP contribution in [0.4, 0.5) is 0 Å². The second-order valence-corrected chi connectivity index (χ2v) is 9.03. The minimum atomic E-state index is 0.0902. The smallest absolute Gasteiger partial charge is 0.274 e. The average molecular weight is 399 g/mol. The van der Waals surface area contributed by atoms with Gasteiger partial charge in [-0.15, -0.1) is 0 Å². The van der Waals surface area contributed by atoms with Crippen molar-refractivity contribution in [2.45, 2.75) is 51.0 Å². The predicted molar refractivity (Wildman–Crippen MR) is 110 cm³/mol. The number of hydrogen-bond acceptors (Lipinski definition) is 3. The molecule has 0 radical (unpaired) electrons. The Morgan fingerprint density at radius 3 is 2.64 bits per heavy atom. The second-order valence-electron chi connectivity index (χ2n) is 8.60. The molecule has 0 spiro atoms. The van der Waals surface area contributed by atoms with Gasteiger partial charge in [0.05, 0.1) is 5.69 Å². The summed E-state index contributed by atoms with van der Waals surface area (Å²) >= 11 is 6.07. The number of hydrogen-bond donors (Lipinski definition) is 1. The molecule has 6 heteroatoms. The SMILES string of the molecule is NC1CCC2CN(C(=O)c3nn(-c4ccc(Cl)cc4)c4c3CCCCC4)CC12. The van der Waals surface area contributed by atoms with Gasteiger partial charge in [0.15, 0.2) is 5.69 Å². The van der Waals surface area contributed by atoms with Gasteiger partial charge < -0.3 is 10.6 Å². The van der Waals surface area contributed by atoms with Crippen LogP contribution in [-0.2, 0) is 12.8 Å². The van der Waals surface area contributed by atoms with Gasteiger partial charge in [-0.25, -0.2) is 4.68 Å². The molecule has 1 saturated carbocycles. The van der Waals surface area contributed by atoms with Gasteiger partial charge in [-0.2, -0.15) is 5.10 Å². The van der Waals surface area contributed by atoms with E-state index in [2.05, 4.69) is 0 Å². The zero-order chi connectivity index (χ0) is 19.3. The third-order valence-electron chi connectivity index (χ3n) is 6.90. The molecule has 1 aromatic carbocycles. The van der Waals surface area contributed by atoms with E-state index >= 15 is 0 Å². The maximum Gasteiger partial charge on any atom is 0.274 e. The number of rotatable bonds is 2. The van der Waals surface area contributed by atoms with Gasteiger partial charge in [0.25, 0.3) is 5.91 Å².